The molecular formula is C66H106N6O14. The minimum Gasteiger partial charge on any atom is -0.460 e. The molecule has 3 aliphatic carbocycles. The molecule has 3 N–H and O–H groups in total. The highest BCUT2D eigenvalue weighted by molar-refractivity contribution is 5.89. The number of fused-ring (bicyclic) bond motifs is 2. The van der Waals surface area contributed by atoms with E-state index in [9.17, 15) is 38.4 Å². The SMILES string of the molecule is CC(C)(C)OC(=O)CO.CC(C)(C)OC(=O)C[C@H](C(=O)N1CC[C@@H]2[C@H]1CCN2C(=O)[C@@H](NC(=O)OC(C)(C)C)C1CCCCC1)C1CCCCC1.CC(C)(C)OC(=O)N[C@H](C(=O)N1CC[C@@H]2[C@H]1CCN2C(=O)OCc1ccccc1)C1CCCCC1. The quantitative estimate of drug-likeness (QED) is 0.123. The Balaban J connectivity index is 0.000000243. The van der Waals surface area contributed by atoms with Crippen molar-refractivity contribution in [2.24, 2.45) is 23.7 Å². The van der Waals surface area contributed by atoms with Gasteiger partial charge in [0.15, 0.2) is 0 Å². The van der Waals surface area contributed by atoms with E-state index < -0.39 is 59.3 Å². The lowest BCUT2D eigenvalue weighted by Crippen LogP contribution is -2.55. The van der Waals surface area contributed by atoms with Gasteiger partial charge in [-0.3, -0.25) is 19.2 Å². The molecule has 20 heteroatoms. The summed E-state index contributed by atoms with van der Waals surface area (Å²) in [6.07, 6.45) is 17.1. The number of hydrogen-bond donors (Lipinski definition) is 3. The second kappa shape index (κ2) is 31.0. The molecule has 3 saturated carbocycles. The number of carbonyl (C=O) groups excluding carboxylic acids is 8. The van der Waals surface area contributed by atoms with Crippen molar-refractivity contribution in [3.8, 4) is 0 Å². The maximum atomic E-state index is 14.2. The molecule has 0 spiro atoms. The molecule has 1 aromatic rings. The van der Waals surface area contributed by atoms with E-state index in [1.807, 2.05) is 107 Å². The van der Waals surface area contributed by atoms with Gasteiger partial charge in [-0.05, 0) is 171 Å². The summed E-state index contributed by atoms with van der Waals surface area (Å²) in [7, 11) is 0. The largest absolute Gasteiger partial charge is 0.460 e. The molecule has 86 heavy (non-hydrogen) atoms. The van der Waals surface area contributed by atoms with Gasteiger partial charge in [-0.15, -0.1) is 0 Å². The van der Waals surface area contributed by atoms with Crippen molar-refractivity contribution in [2.45, 2.75) is 277 Å². The van der Waals surface area contributed by atoms with Crippen molar-refractivity contribution in [2.75, 3.05) is 32.8 Å². The number of nitrogens with one attached hydrogen (secondary N) is 2. The van der Waals surface area contributed by atoms with Gasteiger partial charge < -0.3 is 59.0 Å². The first-order valence-corrected chi connectivity index (χ1v) is 32.3. The molecule has 4 aliphatic heterocycles. The molecule has 0 radical (unpaired) electrons. The molecule has 7 atom stereocenters. The summed E-state index contributed by atoms with van der Waals surface area (Å²) in [6.45, 7) is 23.7. The van der Waals surface area contributed by atoms with E-state index in [1.54, 1.807) is 25.7 Å². The van der Waals surface area contributed by atoms with Crippen LogP contribution in [0.1, 0.15) is 217 Å². The number of aliphatic hydroxyl groups is 1. The van der Waals surface area contributed by atoms with E-state index in [2.05, 4.69) is 10.6 Å². The Morgan fingerprint density at radius 1 is 0.453 bits per heavy atom. The van der Waals surface area contributed by atoms with Crippen molar-refractivity contribution >= 4 is 47.9 Å². The normalized spacial score (nSPS) is 23.2. The maximum Gasteiger partial charge on any atom is 0.410 e. The number of amides is 6. The molecule has 0 unspecified atom stereocenters. The first kappa shape index (κ1) is 69.4. The van der Waals surface area contributed by atoms with Crippen molar-refractivity contribution in [1.29, 1.82) is 0 Å². The van der Waals surface area contributed by atoms with Crippen LogP contribution in [-0.4, -0.2) is 164 Å². The maximum absolute atomic E-state index is 14.2. The lowest BCUT2D eigenvalue weighted by molar-refractivity contribution is -0.160. The fourth-order valence-electron chi connectivity index (χ4n) is 13.9. The Bertz CT molecular complexity index is 2330. The second-order valence-electron chi connectivity index (χ2n) is 28.8. The monoisotopic (exact) mass is 1210 g/mol. The van der Waals surface area contributed by atoms with E-state index in [-0.39, 0.29) is 90.7 Å². The number of hydrogen-bond acceptors (Lipinski definition) is 14. The first-order valence-electron chi connectivity index (χ1n) is 32.3. The van der Waals surface area contributed by atoms with E-state index in [1.165, 1.54) is 6.42 Å². The Morgan fingerprint density at radius 3 is 1.17 bits per heavy atom. The van der Waals surface area contributed by atoms with E-state index >= 15 is 0 Å². The topological polar surface area (TPSA) is 240 Å². The second-order valence-corrected chi connectivity index (χ2v) is 28.8. The van der Waals surface area contributed by atoms with Crippen LogP contribution in [0, 0.1) is 23.7 Å². The summed E-state index contributed by atoms with van der Waals surface area (Å²) >= 11 is 0. The standard InChI is InChI=1S/C33H55N3O6.C27H39N3O5.C6H12O3/c1-32(2,3)41-27(37)21-24(22-13-9-7-10-14-22)29(38)35-19-17-26-25(35)18-20-36(26)30(39)28(23-15-11-8-12-16-23)34-31(40)42-33(4,5)6;1-27(2,3)35-25(32)28-23(20-12-8-5-9-13-20)24(31)29-16-14-22-21(29)15-17-30(22)26(33)34-18-19-10-6-4-7-11-19;1-6(2,3)9-5(8)4-7/h22-26,28H,7-21H2,1-6H3,(H,34,40);4,6-7,10-11,20-23H,5,8-9,12-18H2,1-3H3,(H,28,32);7H,4H2,1-3H3/t24-,25+,26+,28-;21-,22-,23+;/m01./s1. The van der Waals surface area contributed by atoms with Crippen LogP contribution < -0.4 is 10.6 Å². The molecule has 4 saturated heterocycles. The van der Waals surface area contributed by atoms with Crippen LogP contribution in [0.2, 0.25) is 0 Å². The van der Waals surface area contributed by atoms with Crippen molar-refractivity contribution in [3.05, 3.63) is 35.9 Å². The molecule has 7 fully saturated rings. The lowest BCUT2D eigenvalue weighted by atomic mass is 9.77. The van der Waals surface area contributed by atoms with E-state index in [0.29, 0.717) is 26.2 Å². The van der Waals surface area contributed by atoms with Crippen LogP contribution in [0.3, 0.4) is 0 Å². The van der Waals surface area contributed by atoms with Crippen molar-refractivity contribution in [3.63, 3.8) is 0 Å². The number of carbonyl (C=O) groups is 8. The summed E-state index contributed by atoms with van der Waals surface area (Å²) in [5.74, 6) is -0.945. The summed E-state index contributed by atoms with van der Waals surface area (Å²) in [4.78, 5) is 111. The molecule has 7 aliphatic rings. The average Bonchev–Trinajstić information content (AvgIpc) is 2.35. The number of benzene rings is 1. The van der Waals surface area contributed by atoms with Gasteiger partial charge in [0.1, 0.15) is 47.7 Å². The molecule has 484 valence electrons. The van der Waals surface area contributed by atoms with Gasteiger partial charge in [0.2, 0.25) is 17.7 Å². The number of esters is 2. The van der Waals surface area contributed by atoms with E-state index in [0.717, 1.165) is 121 Å². The predicted octanol–water partition coefficient (Wildman–Crippen LogP) is 10.4. The molecule has 8 rings (SSSR count). The van der Waals surface area contributed by atoms with Crippen LogP contribution in [0.25, 0.3) is 0 Å². The predicted molar refractivity (Wildman–Crippen MR) is 325 cm³/mol. The third kappa shape index (κ3) is 21.0. The summed E-state index contributed by atoms with van der Waals surface area (Å²) in [5.41, 5.74) is -1.41. The Kier molecular flexibility index (Phi) is 25.0. The zero-order valence-electron chi connectivity index (χ0n) is 54.1. The number of alkyl carbamates (subject to hydrolysis) is 2. The molecule has 6 amide bonds. The molecule has 20 nitrogen and oxygen atoms in total. The van der Waals surface area contributed by atoms with Gasteiger partial charge in [-0.25, -0.2) is 19.2 Å². The molecule has 0 bridgehead atoms. The molecule has 1 aromatic carbocycles. The minimum absolute atomic E-state index is 0.0432. The Labute approximate surface area is 512 Å². The van der Waals surface area contributed by atoms with E-state index in [4.69, 9.17) is 28.8 Å². The third-order valence-electron chi connectivity index (χ3n) is 17.5. The fraction of sp³-hybridized carbons (Fsp3) is 0.788. The number of ether oxygens (including phenoxy) is 5. The van der Waals surface area contributed by atoms with Gasteiger partial charge in [-0.2, -0.15) is 0 Å². The highest BCUT2D eigenvalue weighted by Crippen LogP contribution is 2.40. The minimum atomic E-state index is -0.649. The number of likely N-dealkylation sites (tertiary alicyclic amines) is 4. The third-order valence-corrected chi connectivity index (χ3v) is 17.5. The number of nitrogens with zero attached hydrogens (tertiary/aromatic N) is 4. The van der Waals surface area contributed by atoms with Gasteiger partial charge in [0.25, 0.3) is 0 Å². The van der Waals surface area contributed by atoms with Gasteiger partial charge >= 0.3 is 30.2 Å². The lowest BCUT2D eigenvalue weighted by Gasteiger charge is -2.35. The average molecular weight is 1210 g/mol. The Hall–Kier alpha value is -5.66. The zero-order valence-corrected chi connectivity index (χ0v) is 54.1. The number of aliphatic hydroxyl groups excluding tert-OH is 1. The highest BCUT2D eigenvalue weighted by atomic mass is 16.6. The van der Waals surface area contributed by atoms with Crippen molar-refractivity contribution < 1.29 is 67.1 Å². The van der Waals surface area contributed by atoms with Gasteiger partial charge in [0.05, 0.1) is 36.5 Å². The highest BCUT2D eigenvalue weighted by Gasteiger charge is 2.52. The number of rotatable bonds is 13. The fourth-order valence-corrected chi connectivity index (χ4v) is 13.9. The van der Waals surface area contributed by atoms with Crippen LogP contribution in [0.15, 0.2) is 30.3 Å². The smallest absolute Gasteiger partial charge is 0.410 e. The molecular weight excluding hydrogens is 1100 g/mol. The van der Waals surface area contributed by atoms with Crippen LogP contribution in [0.5, 0.6) is 0 Å². The Morgan fingerprint density at radius 2 is 0.802 bits per heavy atom. The molecule has 4 heterocycles. The van der Waals surface area contributed by atoms with Gasteiger partial charge in [0, 0.05) is 26.2 Å². The van der Waals surface area contributed by atoms with Crippen molar-refractivity contribution in [1.82, 2.24) is 30.2 Å². The summed E-state index contributed by atoms with van der Waals surface area (Å²) in [5, 5.41) is 14.1. The first-order chi connectivity index (χ1) is 40.4. The molecule has 0 aromatic heterocycles. The van der Waals surface area contributed by atoms with Crippen LogP contribution >= 0.6 is 0 Å². The van der Waals surface area contributed by atoms with Crippen LogP contribution in [0.4, 0.5) is 14.4 Å². The van der Waals surface area contributed by atoms with Gasteiger partial charge in [-0.1, -0.05) is 88.1 Å². The van der Waals surface area contributed by atoms with Crippen LogP contribution in [-0.2, 0) is 54.3 Å². The zero-order chi connectivity index (χ0) is 63.1. The summed E-state index contributed by atoms with van der Waals surface area (Å²) < 4.78 is 26.9. The summed E-state index contributed by atoms with van der Waals surface area (Å²) in [6, 6.07) is 8.20.